The monoisotopic (exact) mass is 494 g/mol. The zero-order chi connectivity index (χ0) is 26.6. The summed E-state index contributed by atoms with van der Waals surface area (Å²) >= 11 is 0. The SMILES string of the molecule is C=C(C)C(=O)OCCn1c(=O)n(CCCCCCN=C=O)c(=O)n(CCOC(=O)C(C)(C)C)c1=O. The molecule has 1 heterocycles. The smallest absolute Gasteiger partial charge is 0.336 e. The highest BCUT2D eigenvalue weighted by molar-refractivity contribution is 5.86. The average molecular weight is 495 g/mol. The van der Waals surface area contributed by atoms with Crippen LogP contribution in [0.15, 0.2) is 31.5 Å². The van der Waals surface area contributed by atoms with Crippen LogP contribution in [0.1, 0.15) is 53.4 Å². The molecular weight excluding hydrogens is 460 g/mol. The van der Waals surface area contributed by atoms with Crippen LogP contribution in [0, 0.1) is 5.41 Å². The Labute approximate surface area is 202 Å². The Morgan fingerprint density at radius 2 is 1.34 bits per heavy atom. The lowest BCUT2D eigenvalue weighted by atomic mass is 9.97. The molecule has 0 radical (unpaired) electrons. The summed E-state index contributed by atoms with van der Waals surface area (Å²) < 4.78 is 12.7. The Morgan fingerprint density at radius 3 is 1.83 bits per heavy atom. The highest BCUT2D eigenvalue weighted by atomic mass is 16.5. The summed E-state index contributed by atoms with van der Waals surface area (Å²) in [6, 6.07) is 0. The lowest BCUT2D eigenvalue weighted by molar-refractivity contribution is -0.153. The van der Waals surface area contributed by atoms with Gasteiger partial charge >= 0.3 is 29.0 Å². The van der Waals surface area contributed by atoms with Crippen LogP contribution in [-0.2, 0) is 43.5 Å². The van der Waals surface area contributed by atoms with Crippen molar-refractivity contribution in [3.63, 3.8) is 0 Å². The number of esters is 2. The second-order valence-electron chi connectivity index (χ2n) is 8.99. The van der Waals surface area contributed by atoms with E-state index in [1.807, 2.05) is 0 Å². The van der Waals surface area contributed by atoms with E-state index in [2.05, 4.69) is 11.6 Å². The van der Waals surface area contributed by atoms with Crippen LogP contribution in [0.5, 0.6) is 0 Å². The van der Waals surface area contributed by atoms with Crippen LogP contribution in [-0.4, -0.2) is 51.5 Å². The van der Waals surface area contributed by atoms with Crippen molar-refractivity contribution in [2.24, 2.45) is 10.4 Å². The van der Waals surface area contributed by atoms with Crippen molar-refractivity contribution in [1.29, 1.82) is 0 Å². The van der Waals surface area contributed by atoms with Crippen LogP contribution in [0.4, 0.5) is 0 Å². The molecule has 12 nitrogen and oxygen atoms in total. The third-order valence-corrected chi connectivity index (χ3v) is 4.91. The van der Waals surface area contributed by atoms with Crippen molar-refractivity contribution in [3.05, 3.63) is 43.6 Å². The van der Waals surface area contributed by atoms with Crippen molar-refractivity contribution in [2.45, 2.75) is 73.0 Å². The van der Waals surface area contributed by atoms with Gasteiger partial charge in [0.25, 0.3) is 0 Å². The molecule has 0 aliphatic rings. The molecule has 1 aromatic rings. The lowest BCUT2D eigenvalue weighted by Gasteiger charge is -2.17. The standard InChI is InChI=1S/C23H34N4O8/c1-17(2)18(29)34-14-12-26-20(31)25(11-9-7-6-8-10-24-16-28)21(32)27(22(26)33)13-15-35-19(30)23(3,4)5/h1,6-15H2,2-5H3. The number of carbonyl (C=O) groups is 2. The van der Waals surface area contributed by atoms with E-state index in [9.17, 15) is 28.8 Å². The first-order chi connectivity index (χ1) is 16.4. The third kappa shape index (κ3) is 9.32. The molecule has 0 saturated heterocycles. The van der Waals surface area contributed by atoms with Gasteiger partial charge in [0, 0.05) is 12.1 Å². The van der Waals surface area contributed by atoms with Crippen LogP contribution < -0.4 is 17.1 Å². The van der Waals surface area contributed by atoms with E-state index in [1.54, 1.807) is 20.8 Å². The Bertz CT molecular complexity index is 1130. The van der Waals surface area contributed by atoms with Gasteiger partial charge in [-0.05, 0) is 40.5 Å². The minimum absolute atomic E-state index is 0.0578. The molecule has 0 aliphatic heterocycles. The summed E-state index contributed by atoms with van der Waals surface area (Å²) in [7, 11) is 0. The number of rotatable bonds is 14. The number of aliphatic imine (C=N–C) groups is 1. The van der Waals surface area contributed by atoms with Gasteiger partial charge in [-0.1, -0.05) is 19.4 Å². The Morgan fingerprint density at radius 1 is 0.857 bits per heavy atom. The van der Waals surface area contributed by atoms with Gasteiger partial charge in [0.15, 0.2) is 0 Å². The molecule has 0 bridgehead atoms. The number of ether oxygens (including phenoxy) is 2. The summed E-state index contributed by atoms with van der Waals surface area (Å²) in [6.45, 7) is 9.36. The van der Waals surface area contributed by atoms with Gasteiger partial charge in [0.2, 0.25) is 6.08 Å². The van der Waals surface area contributed by atoms with Crippen molar-refractivity contribution in [3.8, 4) is 0 Å². The predicted molar refractivity (Wildman–Crippen MR) is 127 cm³/mol. The van der Waals surface area contributed by atoms with Gasteiger partial charge in [-0.15, -0.1) is 0 Å². The van der Waals surface area contributed by atoms with E-state index in [0.717, 1.165) is 20.1 Å². The van der Waals surface area contributed by atoms with E-state index in [1.165, 1.54) is 13.0 Å². The molecule has 0 N–H and O–H groups in total. The first kappa shape index (κ1) is 29.5. The molecule has 0 fully saturated rings. The summed E-state index contributed by atoms with van der Waals surface area (Å²) in [4.78, 5) is 75.9. The molecule has 0 saturated carbocycles. The summed E-state index contributed by atoms with van der Waals surface area (Å²) in [5.41, 5.74) is -3.11. The van der Waals surface area contributed by atoms with Crippen molar-refractivity contribution >= 4 is 18.0 Å². The molecule has 12 heteroatoms. The van der Waals surface area contributed by atoms with Crippen LogP contribution in [0.2, 0.25) is 0 Å². The molecule has 0 spiro atoms. The maximum absolute atomic E-state index is 12.9. The zero-order valence-electron chi connectivity index (χ0n) is 20.8. The van der Waals surface area contributed by atoms with E-state index in [0.29, 0.717) is 25.8 Å². The molecule has 194 valence electrons. The topological polar surface area (TPSA) is 148 Å². The summed E-state index contributed by atoms with van der Waals surface area (Å²) in [5, 5.41) is 0. The van der Waals surface area contributed by atoms with Crippen LogP contribution in [0.3, 0.4) is 0 Å². The minimum Gasteiger partial charge on any atom is -0.463 e. The minimum atomic E-state index is -0.888. The fraction of sp³-hybridized carbons (Fsp3) is 0.652. The molecule has 1 rings (SSSR count). The van der Waals surface area contributed by atoms with Gasteiger partial charge in [-0.25, -0.2) is 42.7 Å². The molecule has 35 heavy (non-hydrogen) atoms. The number of isocyanates is 1. The molecule has 0 atom stereocenters. The molecule has 1 aromatic heterocycles. The summed E-state index contributed by atoms with van der Waals surface area (Å²) in [5.74, 6) is -1.16. The second kappa shape index (κ2) is 14.0. The van der Waals surface area contributed by atoms with Crippen LogP contribution in [0.25, 0.3) is 0 Å². The number of hydrogen-bond acceptors (Lipinski definition) is 9. The molecule has 0 aliphatic carbocycles. The van der Waals surface area contributed by atoms with Crippen molar-refractivity contribution in [1.82, 2.24) is 13.7 Å². The molecule has 0 amide bonds. The van der Waals surface area contributed by atoms with Gasteiger partial charge in [-0.2, -0.15) is 0 Å². The highest BCUT2D eigenvalue weighted by Gasteiger charge is 2.23. The third-order valence-electron chi connectivity index (χ3n) is 4.91. The fourth-order valence-corrected chi connectivity index (χ4v) is 2.92. The Kier molecular flexibility index (Phi) is 11.8. The maximum atomic E-state index is 12.9. The Hall–Kier alpha value is -3.53. The van der Waals surface area contributed by atoms with Gasteiger partial charge < -0.3 is 9.47 Å². The summed E-state index contributed by atoms with van der Waals surface area (Å²) in [6.07, 6.45) is 4.00. The first-order valence-corrected chi connectivity index (χ1v) is 11.4. The van der Waals surface area contributed by atoms with Gasteiger partial charge in [-0.3, -0.25) is 4.79 Å². The van der Waals surface area contributed by atoms with Crippen molar-refractivity contribution in [2.75, 3.05) is 19.8 Å². The normalized spacial score (nSPS) is 11.0. The first-order valence-electron chi connectivity index (χ1n) is 11.4. The van der Waals surface area contributed by atoms with E-state index in [-0.39, 0.29) is 38.4 Å². The largest absolute Gasteiger partial charge is 0.463 e. The second-order valence-corrected chi connectivity index (χ2v) is 8.99. The molecule has 0 unspecified atom stereocenters. The lowest BCUT2D eigenvalue weighted by Crippen LogP contribution is -2.55. The van der Waals surface area contributed by atoms with Crippen molar-refractivity contribution < 1.29 is 23.9 Å². The maximum Gasteiger partial charge on any atom is 0.336 e. The average Bonchev–Trinajstić information content (AvgIpc) is 2.78. The predicted octanol–water partition coefficient (Wildman–Crippen LogP) is 0.777. The van der Waals surface area contributed by atoms with Gasteiger partial charge in [0.05, 0.1) is 25.0 Å². The number of unbranched alkanes of at least 4 members (excludes halogenated alkanes) is 3. The molecular formula is C23H34N4O8. The molecule has 0 aromatic carbocycles. The Balaban J connectivity index is 3.12. The number of nitrogens with zero attached hydrogens (tertiary/aromatic N) is 4. The zero-order valence-corrected chi connectivity index (χ0v) is 20.8. The van der Waals surface area contributed by atoms with E-state index < -0.39 is 34.4 Å². The number of hydrogen-bond donors (Lipinski definition) is 0. The van der Waals surface area contributed by atoms with E-state index in [4.69, 9.17) is 9.47 Å². The van der Waals surface area contributed by atoms with Crippen LogP contribution >= 0.6 is 0 Å². The van der Waals surface area contributed by atoms with E-state index >= 15 is 0 Å². The van der Waals surface area contributed by atoms with Gasteiger partial charge in [0.1, 0.15) is 13.2 Å². The quantitative estimate of drug-likeness (QED) is 0.121. The fourth-order valence-electron chi connectivity index (χ4n) is 2.92. The number of carbonyl (C=O) groups excluding carboxylic acids is 3. The number of aromatic nitrogens is 3. The highest BCUT2D eigenvalue weighted by Crippen LogP contribution is 2.14.